The average molecular weight is 375 g/mol. The van der Waals surface area contributed by atoms with E-state index < -0.39 is 0 Å². The second-order valence-electron chi connectivity index (χ2n) is 7.65. The molecule has 26 heavy (non-hydrogen) atoms. The van der Waals surface area contributed by atoms with Crippen LogP contribution >= 0.6 is 11.8 Å². The lowest BCUT2D eigenvalue weighted by Crippen LogP contribution is -2.50. The van der Waals surface area contributed by atoms with Crippen molar-refractivity contribution in [1.29, 1.82) is 0 Å². The second kappa shape index (κ2) is 8.33. The Hall–Kier alpha value is -1.69. The van der Waals surface area contributed by atoms with Gasteiger partial charge in [-0.25, -0.2) is 4.99 Å². The van der Waals surface area contributed by atoms with Crippen LogP contribution in [0.15, 0.2) is 29.3 Å². The molecule has 0 unspecified atom stereocenters. The number of carbonyl (C=O) groups excluding carboxylic acids is 1. The molecule has 1 aromatic carbocycles. The Morgan fingerprint density at radius 1 is 1.38 bits per heavy atom. The smallest absolute Gasteiger partial charge is 0.251 e. The van der Waals surface area contributed by atoms with E-state index >= 15 is 0 Å². The van der Waals surface area contributed by atoms with Crippen molar-refractivity contribution in [2.45, 2.75) is 50.9 Å². The summed E-state index contributed by atoms with van der Waals surface area (Å²) in [5.74, 6) is 2.11. The van der Waals surface area contributed by atoms with Crippen molar-refractivity contribution in [2.75, 3.05) is 25.4 Å². The van der Waals surface area contributed by atoms with Crippen LogP contribution in [0.1, 0.15) is 49.5 Å². The summed E-state index contributed by atoms with van der Waals surface area (Å²) in [5.41, 5.74) is 1.79. The molecule has 6 heteroatoms. The molecule has 5 nitrogen and oxygen atoms in total. The van der Waals surface area contributed by atoms with Crippen LogP contribution < -0.4 is 10.6 Å². The maximum atomic E-state index is 12.2. The maximum Gasteiger partial charge on any atom is 0.251 e. The third-order valence-electron chi connectivity index (χ3n) is 4.57. The van der Waals surface area contributed by atoms with Crippen molar-refractivity contribution >= 4 is 23.6 Å². The van der Waals surface area contributed by atoms with Gasteiger partial charge in [0.1, 0.15) is 0 Å². The molecule has 1 aromatic rings. The van der Waals surface area contributed by atoms with E-state index in [1.165, 1.54) is 0 Å². The number of amides is 1. The molecule has 1 saturated heterocycles. The number of aliphatic imine (C=N–C) groups is 1. The van der Waals surface area contributed by atoms with Gasteiger partial charge in [-0.1, -0.05) is 12.1 Å². The zero-order chi connectivity index (χ0) is 18.6. The van der Waals surface area contributed by atoms with Gasteiger partial charge in [-0.15, -0.1) is 0 Å². The van der Waals surface area contributed by atoms with Crippen LogP contribution in [-0.2, 0) is 6.54 Å². The van der Waals surface area contributed by atoms with Crippen molar-refractivity contribution in [1.82, 2.24) is 15.5 Å². The van der Waals surface area contributed by atoms with Crippen molar-refractivity contribution < 1.29 is 4.79 Å². The number of guanidine groups is 1. The fourth-order valence-corrected chi connectivity index (χ4v) is 4.21. The molecule has 3 rings (SSSR count). The number of benzene rings is 1. The molecule has 2 fully saturated rings. The van der Waals surface area contributed by atoms with E-state index in [0.717, 1.165) is 55.3 Å². The highest BCUT2D eigenvalue weighted by Gasteiger charge is 2.28. The van der Waals surface area contributed by atoms with Crippen LogP contribution in [0.3, 0.4) is 0 Å². The molecule has 2 aliphatic rings. The standard InChI is InChI=1S/C20H30N4OS/c1-4-21-19(24-10-11-26-20(2,3)14-24)22-13-15-6-5-7-16(12-15)18(25)23-17-8-9-17/h5-7,12,17H,4,8-11,13-14H2,1-3H3,(H,21,22)(H,23,25). The second-order valence-corrected chi connectivity index (χ2v) is 9.45. The largest absolute Gasteiger partial charge is 0.357 e. The van der Waals surface area contributed by atoms with Gasteiger partial charge in [0.15, 0.2) is 5.96 Å². The summed E-state index contributed by atoms with van der Waals surface area (Å²) < 4.78 is 0.245. The maximum absolute atomic E-state index is 12.2. The molecular formula is C20H30N4OS. The van der Waals surface area contributed by atoms with Gasteiger partial charge in [-0.2, -0.15) is 11.8 Å². The molecule has 0 bridgehead atoms. The molecule has 1 heterocycles. The number of nitrogens with one attached hydrogen (secondary N) is 2. The minimum absolute atomic E-state index is 0.0278. The number of carbonyl (C=O) groups is 1. The summed E-state index contributed by atoms with van der Waals surface area (Å²) in [4.78, 5) is 19.4. The predicted octanol–water partition coefficient (Wildman–Crippen LogP) is 2.87. The molecule has 1 amide bonds. The minimum Gasteiger partial charge on any atom is -0.357 e. The first kappa shape index (κ1) is 19.1. The van der Waals surface area contributed by atoms with E-state index in [1.54, 1.807) is 0 Å². The molecule has 1 aliphatic carbocycles. The van der Waals surface area contributed by atoms with Crippen molar-refractivity contribution in [3.63, 3.8) is 0 Å². The van der Waals surface area contributed by atoms with Gasteiger partial charge in [0.2, 0.25) is 0 Å². The van der Waals surface area contributed by atoms with Gasteiger partial charge in [0.25, 0.3) is 5.91 Å². The van der Waals surface area contributed by atoms with Crippen molar-refractivity contribution in [2.24, 2.45) is 4.99 Å². The van der Waals surface area contributed by atoms with Gasteiger partial charge in [0.05, 0.1) is 6.54 Å². The Labute approximate surface area is 161 Å². The minimum atomic E-state index is 0.0278. The van der Waals surface area contributed by atoms with Gasteiger partial charge in [-0.05, 0) is 51.3 Å². The predicted molar refractivity (Wildman–Crippen MR) is 110 cm³/mol. The molecule has 2 N–H and O–H groups in total. The summed E-state index contributed by atoms with van der Waals surface area (Å²) in [6.45, 7) is 10.1. The average Bonchev–Trinajstić information content (AvgIpc) is 3.42. The topological polar surface area (TPSA) is 56.7 Å². The Kier molecular flexibility index (Phi) is 6.12. The van der Waals surface area contributed by atoms with Gasteiger partial charge >= 0.3 is 0 Å². The van der Waals surface area contributed by atoms with Gasteiger partial charge < -0.3 is 15.5 Å². The lowest BCUT2D eigenvalue weighted by atomic mass is 10.1. The fraction of sp³-hybridized carbons (Fsp3) is 0.600. The molecular weight excluding hydrogens is 344 g/mol. The highest BCUT2D eigenvalue weighted by atomic mass is 32.2. The summed E-state index contributed by atoms with van der Waals surface area (Å²) in [6.07, 6.45) is 2.21. The third-order valence-corrected chi connectivity index (χ3v) is 5.87. The SMILES string of the molecule is CCNC(=NCc1cccc(C(=O)NC2CC2)c1)N1CCSC(C)(C)C1. The van der Waals surface area contributed by atoms with Gasteiger partial charge in [0, 0.05) is 41.7 Å². The van der Waals surface area contributed by atoms with E-state index in [-0.39, 0.29) is 10.7 Å². The number of rotatable bonds is 5. The fourth-order valence-electron chi connectivity index (χ4n) is 3.10. The summed E-state index contributed by atoms with van der Waals surface area (Å²) >= 11 is 2.02. The van der Waals surface area contributed by atoms with Crippen LogP contribution in [0, 0.1) is 0 Å². The molecule has 0 aromatic heterocycles. The number of hydrogen-bond acceptors (Lipinski definition) is 3. The molecule has 0 atom stereocenters. The monoisotopic (exact) mass is 374 g/mol. The van der Waals surface area contributed by atoms with E-state index in [0.29, 0.717) is 12.6 Å². The van der Waals surface area contributed by atoms with Crippen LogP contribution in [-0.4, -0.2) is 52.9 Å². The molecule has 0 radical (unpaired) electrons. The van der Waals surface area contributed by atoms with E-state index in [9.17, 15) is 4.79 Å². The summed E-state index contributed by atoms with van der Waals surface area (Å²) in [7, 11) is 0. The Morgan fingerprint density at radius 2 is 2.19 bits per heavy atom. The quantitative estimate of drug-likeness (QED) is 0.615. The van der Waals surface area contributed by atoms with E-state index in [1.807, 2.05) is 36.0 Å². The van der Waals surface area contributed by atoms with Crippen molar-refractivity contribution in [3.05, 3.63) is 35.4 Å². The number of thioether (sulfide) groups is 1. The number of nitrogens with zero attached hydrogens (tertiary/aromatic N) is 2. The molecule has 142 valence electrons. The first-order valence-electron chi connectivity index (χ1n) is 9.54. The first-order chi connectivity index (χ1) is 12.5. The number of hydrogen-bond donors (Lipinski definition) is 2. The zero-order valence-corrected chi connectivity index (χ0v) is 16.9. The molecule has 1 saturated carbocycles. The summed E-state index contributed by atoms with van der Waals surface area (Å²) in [6, 6.07) is 8.20. The Morgan fingerprint density at radius 3 is 2.88 bits per heavy atom. The lowest BCUT2D eigenvalue weighted by Gasteiger charge is -2.39. The first-order valence-corrected chi connectivity index (χ1v) is 10.5. The Balaban J connectivity index is 1.68. The van der Waals surface area contributed by atoms with Gasteiger partial charge in [-0.3, -0.25) is 4.79 Å². The van der Waals surface area contributed by atoms with E-state index in [4.69, 9.17) is 4.99 Å². The Bertz CT molecular complexity index is 670. The lowest BCUT2D eigenvalue weighted by molar-refractivity contribution is 0.0951. The van der Waals surface area contributed by atoms with Crippen LogP contribution in [0.5, 0.6) is 0 Å². The zero-order valence-electron chi connectivity index (χ0n) is 16.0. The third kappa shape index (κ3) is 5.40. The van der Waals surface area contributed by atoms with Crippen LogP contribution in [0.4, 0.5) is 0 Å². The van der Waals surface area contributed by atoms with Crippen LogP contribution in [0.2, 0.25) is 0 Å². The molecule has 1 aliphatic heterocycles. The van der Waals surface area contributed by atoms with Crippen molar-refractivity contribution in [3.8, 4) is 0 Å². The van der Waals surface area contributed by atoms with Crippen LogP contribution in [0.25, 0.3) is 0 Å². The molecule has 0 spiro atoms. The summed E-state index contributed by atoms with van der Waals surface area (Å²) in [5, 5.41) is 6.47. The normalized spacial score (nSPS) is 20.0. The highest BCUT2D eigenvalue weighted by Crippen LogP contribution is 2.29. The highest BCUT2D eigenvalue weighted by molar-refractivity contribution is 8.00. The van der Waals surface area contributed by atoms with E-state index in [2.05, 4.69) is 36.3 Å².